The Labute approximate surface area is 189 Å². The zero-order valence-corrected chi connectivity index (χ0v) is 18.7. The summed E-state index contributed by atoms with van der Waals surface area (Å²) in [6.45, 7) is 0.0724. The number of methoxy groups -OCH3 is 1. The molecule has 0 saturated heterocycles. The molecule has 0 aliphatic carbocycles. The molecule has 172 valence electrons. The molecule has 4 rings (SSSR count). The second-order valence-corrected chi connectivity index (χ2v) is 8.78. The topological polar surface area (TPSA) is 121 Å². The van der Waals surface area contributed by atoms with Gasteiger partial charge >= 0.3 is 0 Å². The van der Waals surface area contributed by atoms with Gasteiger partial charge < -0.3 is 10.1 Å². The van der Waals surface area contributed by atoms with Crippen LogP contribution in [0.1, 0.15) is 12.0 Å². The lowest BCUT2D eigenvalue weighted by molar-refractivity contribution is 0.316. The van der Waals surface area contributed by atoms with Gasteiger partial charge in [0.05, 0.1) is 31.9 Å². The molecule has 0 unspecified atom stereocenters. The SMILES string of the molecule is COc1cccc(-c2nc(Nc3ccncc3F)c3cc(CCCOS(C)(=O)=O)cn3n2)n1. The minimum absolute atomic E-state index is 0.0724. The number of rotatable bonds is 9. The number of hydrogen-bond acceptors (Lipinski definition) is 9. The van der Waals surface area contributed by atoms with Crippen molar-refractivity contribution in [1.29, 1.82) is 0 Å². The monoisotopic (exact) mass is 472 g/mol. The van der Waals surface area contributed by atoms with Gasteiger partial charge in [0.15, 0.2) is 11.6 Å². The third-order valence-corrected chi connectivity index (χ3v) is 5.21. The van der Waals surface area contributed by atoms with Crippen LogP contribution >= 0.6 is 0 Å². The van der Waals surface area contributed by atoms with E-state index in [2.05, 4.69) is 25.4 Å². The molecule has 1 N–H and O–H groups in total. The third-order valence-electron chi connectivity index (χ3n) is 4.61. The largest absolute Gasteiger partial charge is 0.481 e. The number of fused-ring (bicyclic) bond motifs is 1. The zero-order valence-electron chi connectivity index (χ0n) is 17.9. The number of anilines is 2. The van der Waals surface area contributed by atoms with E-state index in [4.69, 9.17) is 8.92 Å². The molecule has 33 heavy (non-hydrogen) atoms. The third kappa shape index (κ3) is 5.59. The fourth-order valence-electron chi connectivity index (χ4n) is 3.13. The van der Waals surface area contributed by atoms with E-state index in [1.54, 1.807) is 28.9 Å². The highest BCUT2D eigenvalue weighted by molar-refractivity contribution is 7.85. The molecule has 0 atom stereocenters. The van der Waals surface area contributed by atoms with E-state index < -0.39 is 15.9 Å². The first-order valence-electron chi connectivity index (χ1n) is 9.94. The van der Waals surface area contributed by atoms with Crippen LogP contribution in [0.4, 0.5) is 15.9 Å². The highest BCUT2D eigenvalue weighted by Crippen LogP contribution is 2.26. The van der Waals surface area contributed by atoms with Gasteiger partial charge in [-0.25, -0.2) is 18.9 Å². The Morgan fingerprint density at radius 2 is 2.06 bits per heavy atom. The van der Waals surface area contributed by atoms with Gasteiger partial charge in [0.2, 0.25) is 11.7 Å². The Balaban J connectivity index is 1.71. The summed E-state index contributed by atoms with van der Waals surface area (Å²) in [6.07, 6.45) is 6.43. The molecular formula is C21H21FN6O4S. The summed E-state index contributed by atoms with van der Waals surface area (Å²) in [5.74, 6) is 0.555. The highest BCUT2D eigenvalue weighted by atomic mass is 32.2. The molecule has 0 fully saturated rings. The maximum absolute atomic E-state index is 14.2. The first-order valence-corrected chi connectivity index (χ1v) is 11.8. The second kappa shape index (κ2) is 9.46. The predicted octanol–water partition coefficient (Wildman–Crippen LogP) is 2.99. The van der Waals surface area contributed by atoms with Crippen molar-refractivity contribution in [3.8, 4) is 17.4 Å². The molecule has 0 saturated carbocycles. The van der Waals surface area contributed by atoms with Gasteiger partial charge in [-0.15, -0.1) is 5.10 Å². The van der Waals surface area contributed by atoms with Gasteiger partial charge in [-0.05, 0) is 36.6 Å². The van der Waals surface area contributed by atoms with Gasteiger partial charge in [-0.1, -0.05) is 6.07 Å². The van der Waals surface area contributed by atoms with Crippen molar-refractivity contribution in [2.75, 3.05) is 25.3 Å². The number of aromatic nitrogens is 5. The number of ether oxygens (including phenoxy) is 1. The minimum Gasteiger partial charge on any atom is -0.481 e. The summed E-state index contributed by atoms with van der Waals surface area (Å²) in [6, 6.07) is 8.58. The molecule has 0 aromatic carbocycles. The van der Waals surface area contributed by atoms with Gasteiger partial charge in [0, 0.05) is 18.5 Å². The molecule has 0 spiro atoms. The smallest absolute Gasteiger partial charge is 0.264 e. The van der Waals surface area contributed by atoms with Gasteiger partial charge in [-0.3, -0.25) is 9.17 Å². The van der Waals surface area contributed by atoms with Crippen LogP contribution in [0.3, 0.4) is 0 Å². The highest BCUT2D eigenvalue weighted by Gasteiger charge is 2.15. The summed E-state index contributed by atoms with van der Waals surface area (Å²) in [4.78, 5) is 12.7. The van der Waals surface area contributed by atoms with Crippen molar-refractivity contribution < 1.29 is 21.7 Å². The summed E-state index contributed by atoms with van der Waals surface area (Å²) < 4.78 is 48.1. The second-order valence-electron chi connectivity index (χ2n) is 7.14. The molecule has 4 heterocycles. The van der Waals surface area contributed by atoms with Crippen molar-refractivity contribution in [3.63, 3.8) is 0 Å². The van der Waals surface area contributed by atoms with E-state index in [0.717, 1.165) is 18.0 Å². The Bertz CT molecular complexity index is 1390. The van der Waals surface area contributed by atoms with E-state index >= 15 is 0 Å². The Hall–Kier alpha value is -3.64. The molecule has 0 radical (unpaired) electrons. The van der Waals surface area contributed by atoms with Crippen LogP contribution in [0.5, 0.6) is 5.88 Å². The lowest BCUT2D eigenvalue weighted by Crippen LogP contribution is -2.05. The standard InChI is InChI=1S/C21H21FN6O4S/c1-31-19-7-3-6-17(24-19)20-26-21(25-16-8-9-23-12-15(16)22)18-11-14(13-28(18)27-20)5-4-10-32-33(2,29)30/h3,6-9,11-13H,4-5,10H2,1-2H3,(H,23,25,26,27). The van der Waals surface area contributed by atoms with Crippen LogP contribution in [-0.2, 0) is 20.7 Å². The van der Waals surface area contributed by atoms with Crippen LogP contribution in [0.15, 0.2) is 48.9 Å². The number of nitrogens with zero attached hydrogens (tertiary/aromatic N) is 5. The van der Waals surface area contributed by atoms with E-state index in [0.29, 0.717) is 41.6 Å². The Morgan fingerprint density at radius 1 is 1.21 bits per heavy atom. The Kier molecular flexibility index (Phi) is 6.47. The van der Waals surface area contributed by atoms with Gasteiger partial charge in [-0.2, -0.15) is 8.42 Å². The molecule has 0 bridgehead atoms. The van der Waals surface area contributed by atoms with Crippen molar-refractivity contribution in [2.45, 2.75) is 12.8 Å². The van der Waals surface area contributed by atoms with E-state index in [1.165, 1.54) is 19.4 Å². The van der Waals surface area contributed by atoms with Crippen LogP contribution in [0.25, 0.3) is 17.0 Å². The number of pyridine rings is 2. The molecule has 10 nitrogen and oxygen atoms in total. The van der Waals surface area contributed by atoms with E-state index in [9.17, 15) is 12.8 Å². The maximum atomic E-state index is 14.2. The average molecular weight is 473 g/mol. The summed E-state index contributed by atoms with van der Waals surface area (Å²) in [7, 11) is -1.97. The molecule has 0 aliphatic heterocycles. The molecule has 4 aromatic rings. The molecule has 4 aromatic heterocycles. The van der Waals surface area contributed by atoms with Crippen LogP contribution < -0.4 is 10.1 Å². The van der Waals surface area contributed by atoms with Gasteiger partial charge in [0.25, 0.3) is 10.1 Å². The minimum atomic E-state index is -3.49. The summed E-state index contributed by atoms with van der Waals surface area (Å²) in [5, 5.41) is 7.55. The lowest BCUT2D eigenvalue weighted by atomic mass is 10.2. The van der Waals surface area contributed by atoms with Gasteiger partial charge in [0.1, 0.15) is 11.2 Å². The van der Waals surface area contributed by atoms with Crippen molar-refractivity contribution in [3.05, 3.63) is 60.3 Å². The first-order chi connectivity index (χ1) is 15.8. The molecule has 0 amide bonds. The molecule has 0 aliphatic rings. The van der Waals surface area contributed by atoms with Crippen LogP contribution in [0, 0.1) is 5.82 Å². The van der Waals surface area contributed by atoms with E-state index in [-0.39, 0.29) is 12.3 Å². The maximum Gasteiger partial charge on any atom is 0.264 e. The van der Waals surface area contributed by atoms with Crippen LogP contribution in [-0.4, -0.2) is 53.0 Å². The zero-order chi connectivity index (χ0) is 23.4. The Morgan fingerprint density at radius 3 is 2.82 bits per heavy atom. The van der Waals surface area contributed by atoms with Crippen molar-refractivity contribution in [1.82, 2.24) is 24.6 Å². The van der Waals surface area contributed by atoms with Crippen molar-refractivity contribution in [2.24, 2.45) is 0 Å². The average Bonchev–Trinajstić information content (AvgIpc) is 3.21. The quantitative estimate of drug-likeness (QED) is 0.289. The summed E-state index contributed by atoms with van der Waals surface area (Å²) in [5.41, 5.74) is 2.18. The number of hydrogen-bond donors (Lipinski definition) is 1. The fourth-order valence-corrected chi connectivity index (χ4v) is 3.55. The lowest BCUT2D eigenvalue weighted by Gasteiger charge is -2.10. The molecular weight excluding hydrogens is 451 g/mol. The van der Waals surface area contributed by atoms with Crippen LogP contribution in [0.2, 0.25) is 0 Å². The first kappa shape index (κ1) is 22.6. The predicted molar refractivity (Wildman–Crippen MR) is 119 cm³/mol. The fraction of sp³-hybridized carbons (Fsp3) is 0.238. The van der Waals surface area contributed by atoms with Crippen molar-refractivity contribution >= 4 is 27.1 Å². The summed E-state index contributed by atoms with van der Waals surface area (Å²) >= 11 is 0. The van der Waals surface area contributed by atoms with E-state index in [1.807, 2.05) is 6.07 Å². The molecule has 12 heteroatoms. The number of halogens is 1. The number of aryl methyl sites for hydroxylation is 1. The normalized spacial score (nSPS) is 11.6. The number of nitrogens with one attached hydrogen (secondary N) is 1.